The van der Waals surface area contributed by atoms with Gasteiger partial charge in [-0.05, 0) is 46.9 Å². The van der Waals surface area contributed by atoms with E-state index in [0.29, 0.717) is 12.2 Å². The number of anilines is 2. The van der Waals surface area contributed by atoms with Gasteiger partial charge in [-0.2, -0.15) is 14.9 Å². The highest BCUT2D eigenvalue weighted by molar-refractivity contribution is 5.95. The van der Waals surface area contributed by atoms with Crippen LogP contribution in [0.5, 0.6) is 0 Å². The lowest BCUT2D eigenvalue weighted by atomic mass is 10.0. The largest absolute Gasteiger partial charge is 0.378 e. The fraction of sp³-hybridized carbons (Fsp3) is 0.129. The van der Waals surface area contributed by atoms with E-state index in [0.717, 1.165) is 47.6 Å². The molecular weight excluding hydrogens is 558 g/mol. The lowest BCUT2D eigenvalue weighted by molar-refractivity contribution is 0.0949. The van der Waals surface area contributed by atoms with Gasteiger partial charge in [0, 0.05) is 29.6 Å². The number of nitrogens with two attached hydrogens (primary N) is 1. The summed E-state index contributed by atoms with van der Waals surface area (Å²) in [6, 6.07) is 27.8. The van der Waals surface area contributed by atoms with Gasteiger partial charge in [-0.25, -0.2) is 14.7 Å². The van der Waals surface area contributed by atoms with E-state index in [1.165, 1.54) is 10.2 Å². The van der Waals surface area contributed by atoms with Gasteiger partial charge in [0.1, 0.15) is 5.69 Å². The SMILES string of the molecule is Nc1nonc1-n1nnc(C(=O)NN=Cc2cn(-c3ccccc3)nc2-c2ccccc2)c1CN1CCCc2ccccc21. The number of rotatable bonds is 8. The van der Waals surface area contributed by atoms with Crippen LogP contribution in [0.1, 0.15) is 33.7 Å². The number of nitrogens with zero attached hydrogens (tertiary/aromatic N) is 9. The highest BCUT2D eigenvalue weighted by Crippen LogP contribution is 2.29. The Morgan fingerprint density at radius 3 is 2.57 bits per heavy atom. The third-order valence-corrected chi connectivity index (χ3v) is 7.40. The van der Waals surface area contributed by atoms with Gasteiger partial charge in [0.25, 0.3) is 5.91 Å². The second-order valence-electron chi connectivity index (χ2n) is 10.2. The lowest BCUT2D eigenvalue weighted by Gasteiger charge is -2.31. The van der Waals surface area contributed by atoms with Crippen molar-refractivity contribution in [2.24, 2.45) is 5.10 Å². The number of carbonyl (C=O) groups excluding carboxylic acids is 1. The number of benzene rings is 3. The highest BCUT2D eigenvalue weighted by atomic mass is 16.6. The van der Waals surface area contributed by atoms with Crippen LogP contribution < -0.4 is 16.1 Å². The van der Waals surface area contributed by atoms with Gasteiger partial charge in [0.2, 0.25) is 11.6 Å². The van der Waals surface area contributed by atoms with Crippen LogP contribution >= 0.6 is 0 Å². The van der Waals surface area contributed by atoms with Crippen molar-refractivity contribution >= 4 is 23.6 Å². The second-order valence-corrected chi connectivity index (χ2v) is 10.2. The van der Waals surface area contributed by atoms with Crippen LogP contribution in [0.25, 0.3) is 22.8 Å². The molecule has 0 unspecified atom stereocenters. The molecular formula is C31H27N11O2. The lowest BCUT2D eigenvalue weighted by Crippen LogP contribution is -2.31. The number of fused-ring (bicyclic) bond motifs is 1. The van der Waals surface area contributed by atoms with Crippen molar-refractivity contribution in [3.63, 3.8) is 0 Å². The van der Waals surface area contributed by atoms with E-state index >= 15 is 0 Å². The number of hydrazone groups is 1. The molecule has 0 atom stereocenters. The van der Waals surface area contributed by atoms with Crippen molar-refractivity contribution in [3.8, 4) is 22.8 Å². The number of hydrogen-bond acceptors (Lipinski definition) is 10. The number of hydrogen-bond donors (Lipinski definition) is 2. The fourth-order valence-corrected chi connectivity index (χ4v) is 5.31. The first-order chi connectivity index (χ1) is 21.7. The van der Waals surface area contributed by atoms with Gasteiger partial charge < -0.3 is 10.6 Å². The summed E-state index contributed by atoms with van der Waals surface area (Å²) in [5.41, 5.74) is 14.7. The molecule has 0 radical (unpaired) electrons. The number of nitrogen functional groups attached to an aromatic ring is 1. The Morgan fingerprint density at radius 1 is 1.00 bits per heavy atom. The zero-order valence-electron chi connectivity index (χ0n) is 23.5. The van der Waals surface area contributed by atoms with Crippen LogP contribution in [0.2, 0.25) is 0 Å². The normalized spacial score (nSPS) is 12.9. The molecule has 1 amide bonds. The minimum Gasteiger partial charge on any atom is -0.378 e. The molecule has 218 valence electrons. The van der Waals surface area contributed by atoms with Gasteiger partial charge in [-0.15, -0.1) is 5.10 Å². The standard InChI is InChI=1S/C31H27N11O2/c32-29-30(38-44-37-29)42-26(20-40-17-9-13-21-10-7-8-16-25(21)40)28(34-39-42)31(43)35-33-18-23-19-41(24-14-5-2-6-15-24)36-27(23)22-11-3-1-4-12-22/h1-8,10-12,14-16,18-19H,9,13,17,20H2,(H2,32,37)(H,35,43). The summed E-state index contributed by atoms with van der Waals surface area (Å²) in [6.45, 7) is 1.12. The third-order valence-electron chi connectivity index (χ3n) is 7.40. The Hall–Kier alpha value is -6.11. The van der Waals surface area contributed by atoms with Gasteiger partial charge >= 0.3 is 0 Å². The molecule has 0 aliphatic carbocycles. The van der Waals surface area contributed by atoms with Gasteiger partial charge in [0.05, 0.1) is 24.1 Å². The number of aryl methyl sites for hydroxylation is 1. The van der Waals surface area contributed by atoms with Gasteiger partial charge in [0.15, 0.2) is 5.69 Å². The van der Waals surface area contributed by atoms with Crippen molar-refractivity contribution in [3.05, 3.63) is 114 Å². The Balaban J connectivity index is 1.19. The molecule has 44 heavy (non-hydrogen) atoms. The summed E-state index contributed by atoms with van der Waals surface area (Å²) in [6.07, 6.45) is 5.39. The zero-order valence-corrected chi connectivity index (χ0v) is 23.5. The highest BCUT2D eigenvalue weighted by Gasteiger charge is 2.27. The third kappa shape index (κ3) is 5.17. The monoisotopic (exact) mass is 585 g/mol. The maximum atomic E-state index is 13.5. The molecule has 0 saturated carbocycles. The molecule has 3 N–H and O–H groups in total. The molecule has 6 aromatic rings. The first-order valence-corrected chi connectivity index (χ1v) is 14.1. The van der Waals surface area contributed by atoms with E-state index in [4.69, 9.17) is 15.5 Å². The predicted octanol–water partition coefficient (Wildman–Crippen LogP) is 3.80. The number of amides is 1. The molecule has 13 nitrogen and oxygen atoms in total. The van der Waals surface area contributed by atoms with Gasteiger partial charge in [-0.1, -0.05) is 71.9 Å². The fourth-order valence-electron chi connectivity index (χ4n) is 5.31. The quantitative estimate of drug-likeness (QED) is 0.200. The number of aromatic nitrogens is 7. The molecule has 1 aliphatic heterocycles. The van der Waals surface area contributed by atoms with Crippen molar-refractivity contribution in [2.75, 3.05) is 17.2 Å². The molecule has 13 heteroatoms. The van der Waals surface area contributed by atoms with E-state index in [2.05, 4.69) is 48.2 Å². The summed E-state index contributed by atoms with van der Waals surface area (Å²) in [5, 5.41) is 25.0. The van der Waals surface area contributed by atoms with Crippen LogP contribution in [0.4, 0.5) is 11.5 Å². The average molecular weight is 586 g/mol. The Labute approximate surface area is 251 Å². The number of carbonyl (C=O) groups is 1. The Kier molecular flexibility index (Phi) is 7.08. The van der Waals surface area contributed by atoms with Crippen molar-refractivity contribution in [1.29, 1.82) is 0 Å². The Morgan fingerprint density at radius 2 is 1.77 bits per heavy atom. The summed E-state index contributed by atoms with van der Waals surface area (Å²) >= 11 is 0. The van der Waals surface area contributed by atoms with Gasteiger partial charge in [-0.3, -0.25) is 4.79 Å². The first kappa shape index (κ1) is 26.8. The molecule has 0 saturated heterocycles. The molecule has 0 bridgehead atoms. The molecule has 0 fully saturated rings. The van der Waals surface area contributed by atoms with E-state index in [1.54, 1.807) is 10.9 Å². The second kappa shape index (κ2) is 11.6. The van der Waals surface area contributed by atoms with E-state index in [1.807, 2.05) is 79.0 Å². The summed E-state index contributed by atoms with van der Waals surface area (Å²) in [5.74, 6) is -0.357. The predicted molar refractivity (Wildman–Crippen MR) is 164 cm³/mol. The average Bonchev–Trinajstić information content (AvgIpc) is 3.80. The molecule has 0 spiro atoms. The van der Waals surface area contributed by atoms with Crippen LogP contribution in [0.15, 0.2) is 101 Å². The number of para-hydroxylation sites is 2. The maximum Gasteiger partial charge on any atom is 0.293 e. The smallest absolute Gasteiger partial charge is 0.293 e. The minimum absolute atomic E-state index is 0.0315. The van der Waals surface area contributed by atoms with Crippen LogP contribution in [-0.2, 0) is 13.0 Å². The van der Waals surface area contributed by atoms with Crippen LogP contribution in [0.3, 0.4) is 0 Å². The Bertz CT molecular complexity index is 1940. The summed E-state index contributed by atoms with van der Waals surface area (Å²) < 4.78 is 7.97. The molecule has 3 aromatic heterocycles. The van der Waals surface area contributed by atoms with Crippen molar-refractivity contribution in [1.82, 2.24) is 40.5 Å². The van der Waals surface area contributed by atoms with E-state index in [-0.39, 0.29) is 17.3 Å². The van der Waals surface area contributed by atoms with Crippen LogP contribution in [-0.4, -0.2) is 53.8 Å². The number of nitrogens with one attached hydrogen (secondary N) is 1. The van der Waals surface area contributed by atoms with E-state index in [9.17, 15) is 4.79 Å². The molecule has 4 heterocycles. The van der Waals surface area contributed by atoms with Crippen molar-refractivity contribution in [2.45, 2.75) is 19.4 Å². The van der Waals surface area contributed by atoms with Crippen molar-refractivity contribution < 1.29 is 9.42 Å². The van der Waals surface area contributed by atoms with Crippen LogP contribution in [0, 0.1) is 0 Å². The topological polar surface area (TPSA) is 158 Å². The molecule has 3 aromatic carbocycles. The first-order valence-electron chi connectivity index (χ1n) is 14.1. The summed E-state index contributed by atoms with van der Waals surface area (Å²) in [4.78, 5) is 15.7. The minimum atomic E-state index is -0.542. The summed E-state index contributed by atoms with van der Waals surface area (Å²) in [7, 11) is 0. The van der Waals surface area contributed by atoms with E-state index < -0.39 is 5.91 Å². The molecule has 1 aliphatic rings. The molecule has 7 rings (SSSR count). The zero-order chi connectivity index (χ0) is 29.9. The maximum absolute atomic E-state index is 13.5.